The first-order valence-corrected chi connectivity index (χ1v) is 11.6. The number of fused-ring (bicyclic) bond motifs is 3. The van der Waals surface area contributed by atoms with Crippen LogP contribution in [0.4, 0.5) is 22.7 Å². The van der Waals surface area contributed by atoms with Crippen molar-refractivity contribution in [3.8, 4) is 0 Å². The number of benzene rings is 2. The van der Waals surface area contributed by atoms with E-state index in [2.05, 4.69) is 27.0 Å². The van der Waals surface area contributed by atoms with E-state index in [1.54, 1.807) is 0 Å². The number of nitro groups is 1. The summed E-state index contributed by atoms with van der Waals surface area (Å²) in [5, 5.41) is 19.8. The van der Waals surface area contributed by atoms with Gasteiger partial charge < -0.3 is 9.38 Å². The van der Waals surface area contributed by atoms with Crippen LogP contribution in [-0.2, 0) is 0 Å². The Kier molecular flexibility index (Phi) is 6.95. The molecular formula is C22H27Cl2N6O2+. The molecule has 0 aliphatic carbocycles. The van der Waals surface area contributed by atoms with Gasteiger partial charge in [0.25, 0.3) is 5.69 Å². The molecule has 0 unspecified atom stereocenters. The zero-order valence-electron chi connectivity index (χ0n) is 18.1. The molecule has 3 aliphatic heterocycles. The van der Waals surface area contributed by atoms with Gasteiger partial charge in [0.05, 0.1) is 47.7 Å². The SMILES string of the molecule is CCN(CC[N+]12CCN(CC1)CC2)c1ccc(N=Nc2ccc([N+](=O)[O-])cc2Cl)c(Cl)c1. The molecule has 32 heavy (non-hydrogen) atoms. The first-order chi connectivity index (χ1) is 15.4. The first-order valence-electron chi connectivity index (χ1n) is 10.9. The predicted octanol–water partition coefficient (Wildman–Crippen LogP) is 5.29. The van der Waals surface area contributed by atoms with Crippen LogP contribution < -0.4 is 4.90 Å². The van der Waals surface area contributed by atoms with Crippen LogP contribution >= 0.6 is 23.2 Å². The third kappa shape index (κ3) is 5.04. The lowest BCUT2D eigenvalue weighted by Crippen LogP contribution is -2.68. The van der Waals surface area contributed by atoms with Crippen molar-refractivity contribution < 1.29 is 9.41 Å². The molecule has 0 amide bonds. The fourth-order valence-corrected chi connectivity index (χ4v) is 4.87. The molecule has 3 aliphatic rings. The minimum Gasteiger partial charge on any atom is -0.366 e. The maximum atomic E-state index is 10.8. The van der Waals surface area contributed by atoms with Gasteiger partial charge in [0.1, 0.15) is 11.4 Å². The summed E-state index contributed by atoms with van der Waals surface area (Å²) >= 11 is 12.6. The summed E-state index contributed by atoms with van der Waals surface area (Å²) in [6.07, 6.45) is 0. The highest BCUT2D eigenvalue weighted by atomic mass is 35.5. The second-order valence-electron chi connectivity index (χ2n) is 8.39. The Bertz CT molecular complexity index is 1010. The second kappa shape index (κ2) is 9.70. The lowest BCUT2D eigenvalue weighted by molar-refractivity contribution is -0.939. The molecule has 3 fully saturated rings. The van der Waals surface area contributed by atoms with Gasteiger partial charge in [-0.05, 0) is 31.2 Å². The van der Waals surface area contributed by atoms with Gasteiger partial charge in [-0.25, -0.2) is 0 Å². The molecule has 170 valence electrons. The van der Waals surface area contributed by atoms with Crippen molar-refractivity contribution in [3.63, 3.8) is 0 Å². The van der Waals surface area contributed by atoms with Crippen molar-refractivity contribution in [1.29, 1.82) is 0 Å². The predicted molar refractivity (Wildman–Crippen MR) is 128 cm³/mol. The zero-order chi connectivity index (χ0) is 22.7. The van der Waals surface area contributed by atoms with Crippen molar-refractivity contribution >= 4 is 46.0 Å². The molecule has 3 saturated heterocycles. The summed E-state index contributed by atoms with van der Waals surface area (Å²) in [4.78, 5) is 15.3. The van der Waals surface area contributed by atoms with Gasteiger partial charge in [0.2, 0.25) is 0 Å². The molecule has 10 heteroatoms. The van der Waals surface area contributed by atoms with E-state index in [0.717, 1.165) is 25.3 Å². The average Bonchev–Trinajstić information content (AvgIpc) is 2.80. The lowest BCUT2D eigenvalue weighted by Gasteiger charge is -2.51. The van der Waals surface area contributed by atoms with Crippen LogP contribution in [0.2, 0.25) is 10.0 Å². The monoisotopic (exact) mass is 477 g/mol. The fraction of sp³-hybridized carbons (Fsp3) is 0.455. The Morgan fingerprint density at radius 1 is 1.03 bits per heavy atom. The summed E-state index contributed by atoms with van der Waals surface area (Å²) in [6, 6.07) is 9.85. The van der Waals surface area contributed by atoms with E-state index in [9.17, 15) is 10.1 Å². The Hall–Kier alpha value is -2.26. The molecule has 0 aromatic heterocycles. The van der Waals surface area contributed by atoms with Gasteiger partial charge >= 0.3 is 0 Å². The van der Waals surface area contributed by atoms with E-state index < -0.39 is 4.92 Å². The molecule has 2 aromatic rings. The summed E-state index contributed by atoms with van der Waals surface area (Å²) < 4.78 is 1.23. The molecular weight excluding hydrogens is 451 g/mol. The molecule has 2 aromatic carbocycles. The van der Waals surface area contributed by atoms with E-state index >= 15 is 0 Å². The van der Waals surface area contributed by atoms with Crippen LogP contribution in [0.5, 0.6) is 0 Å². The molecule has 5 rings (SSSR count). The van der Waals surface area contributed by atoms with Crippen LogP contribution in [0.15, 0.2) is 46.6 Å². The molecule has 2 bridgehead atoms. The Morgan fingerprint density at radius 2 is 1.62 bits per heavy atom. The topological polar surface area (TPSA) is 74.3 Å². The number of non-ortho nitro benzene ring substituents is 1. The van der Waals surface area contributed by atoms with E-state index in [0.29, 0.717) is 16.4 Å². The maximum absolute atomic E-state index is 10.8. The number of hydrogen-bond donors (Lipinski definition) is 0. The van der Waals surface area contributed by atoms with Gasteiger partial charge in [0, 0.05) is 44.0 Å². The number of azo groups is 1. The highest BCUT2D eigenvalue weighted by molar-refractivity contribution is 6.33. The number of piperazine rings is 3. The molecule has 0 spiro atoms. The van der Waals surface area contributed by atoms with Gasteiger partial charge in [0.15, 0.2) is 0 Å². The first kappa shape index (κ1) is 22.9. The smallest absolute Gasteiger partial charge is 0.271 e. The number of rotatable bonds is 8. The molecule has 0 saturated carbocycles. The lowest BCUT2D eigenvalue weighted by atomic mass is 10.1. The van der Waals surface area contributed by atoms with Crippen molar-refractivity contribution in [1.82, 2.24) is 4.90 Å². The maximum Gasteiger partial charge on any atom is 0.271 e. The van der Waals surface area contributed by atoms with Gasteiger partial charge in [-0.3, -0.25) is 15.0 Å². The number of halogens is 2. The number of anilines is 1. The fourth-order valence-electron chi connectivity index (χ4n) is 4.44. The molecule has 0 atom stereocenters. The summed E-state index contributed by atoms with van der Waals surface area (Å²) in [5.41, 5.74) is 1.85. The quantitative estimate of drug-likeness (QED) is 0.224. The Labute approximate surface area is 197 Å². The standard InChI is InChI=1S/C22H27Cl2N6O2/c1-2-28(10-14-30-11-7-27(8-12-30)9-13-30)17-3-5-21(19(23)15-17)25-26-22-6-4-18(29(31)32)16-20(22)24/h3-6,15-16H,2,7-14H2,1H3/q+1. The third-order valence-corrected chi connectivity index (χ3v) is 7.21. The van der Waals surface area contributed by atoms with Crippen molar-refractivity contribution in [3.05, 3.63) is 56.6 Å². The highest BCUT2D eigenvalue weighted by Crippen LogP contribution is 2.34. The molecule has 0 N–H and O–H groups in total. The number of nitrogens with zero attached hydrogens (tertiary/aromatic N) is 6. The minimum atomic E-state index is -0.502. The normalized spacial score (nSPS) is 22.4. The van der Waals surface area contributed by atoms with Crippen molar-refractivity contribution in [2.24, 2.45) is 10.2 Å². The Morgan fingerprint density at radius 3 is 2.16 bits per heavy atom. The van der Waals surface area contributed by atoms with Crippen molar-refractivity contribution in [2.45, 2.75) is 6.92 Å². The van der Waals surface area contributed by atoms with E-state index in [1.165, 1.54) is 62.0 Å². The van der Waals surface area contributed by atoms with Crippen molar-refractivity contribution in [2.75, 3.05) is 63.8 Å². The summed E-state index contributed by atoms with van der Waals surface area (Å²) in [5.74, 6) is 0. The number of likely N-dealkylation sites (N-methyl/N-ethyl adjacent to an activating group) is 1. The van der Waals surface area contributed by atoms with Gasteiger partial charge in [-0.1, -0.05) is 23.2 Å². The minimum absolute atomic E-state index is 0.0899. The average molecular weight is 478 g/mol. The van der Waals surface area contributed by atoms with Gasteiger partial charge in [-0.2, -0.15) is 0 Å². The zero-order valence-corrected chi connectivity index (χ0v) is 19.6. The number of quaternary nitrogens is 1. The van der Waals surface area contributed by atoms with Gasteiger partial charge in [-0.15, -0.1) is 10.2 Å². The molecule has 3 heterocycles. The van der Waals surface area contributed by atoms with E-state index in [-0.39, 0.29) is 10.7 Å². The van der Waals surface area contributed by atoms with Crippen LogP contribution in [-0.4, -0.2) is 73.2 Å². The summed E-state index contributed by atoms with van der Waals surface area (Å²) in [6.45, 7) is 12.6. The van der Waals surface area contributed by atoms with Crippen LogP contribution in [0, 0.1) is 10.1 Å². The number of nitro benzene ring substituents is 1. The van der Waals surface area contributed by atoms with Crippen LogP contribution in [0.3, 0.4) is 0 Å². The molecule has 8 nitrogen and oxygen atoms in total. The van der Waals surface area contributed by atoms with E-state index in [1.807, 2.05) is 18.2 Å². The Balaban J connectivity index is 1.43. The van der Waals surface area contributed by atoms with E-state index in [4.69, 9.17) is 23.2 Å². The highest BCUT2D eigenvalue weighted by Gasteiger charge is 2.38. The molecule has 0 radical (unpaired) electrons. The number of hydrogen-bond acceptors (Lipinski definition) is 6. The third-order valence-electron chi connectivity index (χ3n) is 6.60. The largest absolute Gasteiger partial charge is 0.366 e. The second-order valence-corrected chi connectivity index (χ2v) is 9.20. The summed E-state index contributed by atoms with van der Waals surface area (Å²) in [7, 11) is 0. The van der Waals surface area contributed by atoms with Crippen LogP contribution in [0.25, 0.3) is 0 Å². The van der Waals surface area contributed by atoms with Crippen LogP contribution in [0.1, 0.15) is 6.92 Å².